The molecule has 0 aliphatic heterocycles. The van der Waals surface area contributed by atoms with Crippen LogP contribution in [0.4, 0.5) is 11.4 Å². The molecule has 0 heterocycles. The zero-order chi connectivity index (χ0) is 27.2. The maximum atomic E-state index is 13.0. The Kier molecular flexibility index (Phi) is 8.67. The maximum Gasteiger partial charge on any atom is 0.253 e. The highest BCUT2D eigenvalue weighted by Gasteiger charge is 2.23. The van der Waals surface area contributed by atoms with Gasteiger partial charge in [-0.15, -0.1) is 0 Å². The molecule has 37 heavy (non-hydrogen) atoms. The van der Waals surface area contributed by atoms with E-state index < -0.39 is 22.5 Å². The number of anilines is 2. The van der Waals surface area contributed by atoms with Gasteiger partial charge in [-0.25, -0.2) is 8.42 Å². The summed E-state index contributed by atoms with van der Waals surface area (Å²) in [6.07, 6.45) is 0.992. The summed E-state index contributed by atoms with van der Waals surface area (Å²) in [7, 11) is -0.600. The number of hydrogen-bond acceptors (Lipinski definition) is 5. The summed E-state index contributed by atoms with van der Waals surface area (Å²) in [5.41, 5.74) is 2.05. The molecule has 10 heteroatoms. The Balaban J connectivity index is 1.76. The minimum Gasteiger partial charge on any atom is -0.345 e. The molecule has 0 aromatic heterocycles. The number of amides is 3. The normalized spacial score (nSPS) is 11.8. The SMILES string of the molecule is CC(NC(=O)c1ccccc1NC(=O)CN(c1ccc(C(=O)N(C)C)cc1)S(C)(=O)=O)c1ccccc1. The van der Waals surface area contributed by atoms with E-state index in [1.54, 1.807) is 38.4 Å². The number of carbonyl (C=O) groups is 3. The lowest BCUT2D eigenvalue weighted by molar-refractivity contribution is -0.114. The quantitative estimate of drug-likeness (QED) is 0.448. The third-order valence-corrected chi connectivity index (χ3v) is 6.73. The first kappa shape index (κ1) is 27.4. The second kappa shape index (κ2) is 11.7. The second-order valence-corrected chi connectivity index (χ2v) is 10.6. The van der Waals surface area contributed by atoms with Gasteiger partial charge in [-0.3, -0.25) is 18.7 Å². The highest BCUT2D eigenvalue weighted by molar-refractivity contribution is 7.92. The Labute approximate surface area is 217 Å². The van der Waals surface area contributed by atoms with Gasteiger partial charge in [0.2, 0.25) is 15.9 Å². The van der Waals surface area contributed by atoms with E-state index in [2.05, 4.69) is 10.6 Å². The van der Waals surface area contributed by atoms with Crippen molar-refractivity contribution in [1.29, 1.82) is 0 Å². The highest BCUT2D eigenvalue weighted by atomic mass is 32.2. The lowest BCUT2D eigenvalue weighted by atomic mass is 10.1. The third kappa shape index (κ3) is 7.17. The van der Waals surface area contributed by atoms with Gasteiger partial charge in [-0.2, -0.15) is 0 Å². The molecule has 1 atom stereocenters. The van der Waals surface area contributed by atoms with Crippen molar-refractivity contribution in [3.05, 3.63) is 95.6 Å². The molecule has 0 aliphatic rings. The smallest absolute Gasteiger partial charge is 0.253 e. The summed E-state index contributed by atoms with van der Waals surface area (Å²) in [4.78, 5) is 39.4. The van der Waals surface area contributed by atoms with E-state index >= 15 is 0 Å². The molecule has 3 amide bonds. The maximum absolute atomic E-state index is 13.0. The molecule has 0 spiro atoms. The number of rotatable bonds is 9. The molecule has 3 rings (SSSR count). The summed E-state index contributed by atoms with van der Waals surface area (Å²) in [6.45, 7) is 1.34. The van der Waals surface area contributed by atoms with Crippen molar-refractivity contribution in [1.82, 2.24) is 10.2 Å². The standard InChI is InChI=1S/C27H30N4O5S/c1-19(20-10-6-5-7-11-20)28-26(33)23-12-8-9-13-24(23)29-25(32)18-31(37(4,35)36)22-16-14-21(15-17-22)27(34)30(2)3/h5-17,19H,18H2,1-4H3,(H,28,33)(H,29,32). The molecule has 0 saturated heterocycles. The molecule has 0 radical (unpaired) electrons. The molecule has 0 saturated carbocycles. The van der Waals surface area contributed by atoms with Crippen LogP contribution < -0.4 is 14.9 Å². The van der Waals surface area contributed by atoms with E-state index in [-0.39, 0.29) is 34.8 Å². The molecular weight excluding hydrogens is 492 g/mol. The van der Waals surface area contributed by atoms with E-state index in [0.29, 0.717) is 5.56 Å². The first-order valence-electron chi connectivity index (χ1n) is 11.5. The topological polar surface area (TPSA) is 116 Å². The van der Waals surface area contributed by atoms with Gasteiger partial charge >= 0.3 is 0 Å². The van der Waals surface area contributed by atoms with Gasteiger partial charge in [-0.1, -0.05) is 42.5 Å². The van der Waals surface area contributed by atoms with E-state index in [1.807, 2.05) is 37.3 Å². The number of hydrogen-bond donors (Lipinski definition) is 2. The number of carbonyl (C=O) groups excluding carboxylic acids is 3. The number of benzene rings is 3. The first-order valence-corrected chi connectivity index (χ1v) is 13.4. The van der Waals surface area contributed by atoms with E-state index in [4.69, 9.17) is 0 Å². The largest absolute Gasteiger partial charge is 0.345 e. The second-order valence-electron chi connectivity index (χ2n) is 8.72. The van der Waals surface area contributed by atoms with Crippen molar-refractivity contribution in [3.63, 3.8) is 0 Å². The fourth-order valence-electron chi connectivity index (χ4n) is 3.64. The lowest BCUT2D eigenvalue weighted by Gasteiger charge is -2.23. The minimum absolute atomic E-state index is 0.230. The Morgan fingerprint density at radius 1 is 0.865 bits per heavy atom. The van der Waals surface area contributed by atoms with Crippen LogP contribution >= 0.6 is 0 Å². The van der Waals surface area contributed by atoms with Gasteiger partial charge in [0.15, 0.2) is 0 Å². The molecule has 0 fully saturated rings. The van der Waals surface area contributed by atoms with Gasteiger partial charge in [0, 0.05) is 19.7 Å². The average Bonchev–Trinajstić information content (AvgIpc) is 2.87. The van der Waals surface area contributed by atoms with Crippen LogP contribution in [-0.4, -0.2) is 57.9 Å². The highest BCUT2D eigenvalue weighted by Crippen LogP contribution is 2.21. The van der Waals surface area contributed by atoms with Crippen LogP contribution in [0.15, 0.2) is 78.9 Å². The van der Waals surface area contributed by atoms with Crippen molar-refractivity contribution in [2.24, 2.45) is 0 Å². The van der Waals surface area contributed by atoms with Gasteiger partial charge in [0.25, 0.3) is 11.8 Å². The predicted molar refractivity (Wildman–Crippen MR) is 144 cm³/mol. The fourth-order valence-corrected chi connectivity index (χ4v) is 4.49. The number of para-hydroxylation sites is 1. The van der Waals surface area contributed by atoms with Crippen LogP contribution in [-0.2, 0) is 14.8 Å². The van der Waals surface area contributed by atoms with Crippen molar-refractivity contribution < 1.29 is 22.8 Å². The molecule has 2 N–H and O–H groups in total. The predicted octanol–water partition coefficient (Wildman–Crippen LogP) is 3.28. The fraction of sp³-hybridized carbons (Fsp3) is 0.222. The number of nitrogens with one attached hydrogen (secondary N) is 2. The lowest BCUT2D eigenvalue weighted by Crippen LogP contribution is -2.38. The van der Waals surface area contributed by atoms with Crippen molar-refractivity contribution in [2.75, 3.05) is 36.5 Å². The van der Waals surface area contributed by atoms with E-state index in [9.17, 15) is 22.8 Å². The molecule has 0 bridgehead atoms. The summed E-state index contributed by atoms with van der Waals surface area (Å²) in [6, 6.07) is 21.6. The monoisotopic (exact) mass is 522 g/mol. The number of sulfonamides is 1. The van der Waals surface area contributed by atoms with Crippen LogP contribution in [0.3, 0.4) is 0 Å². The Bertz CT molecular complexity index is 1370. The van der Waals surface area contributed by atoms with Gasteiger partial charge in [0.05, 0.1) is 29.2 Å². The van der Waals surface area contributed by atoms with Crippen molar-refractivity contribution in [2.45, 2.75) is 13.0 Å². The van der Waals surface area contributed by atoms with Gasteiger partial charge in [-0.05, 0) is 48.9 Å². The Morgan fingerprint density at radius 2 is 1.46 bits per heavy atom. The van der Waals surface area contributed by atoms with Gasteiger partial charge < -0.3 is 15.5 Å². The molecule has 0 aliphatic carbocycles. The van der Waals surface area contributed by atoms with Crippen LogP contribution in [0.25, 0.3) is 0 Å². The molecule has 3 aromatic rings. The van der Waals surface area contributed by atoms with Crippen LogP contribution in [0, 0.1) is 0 Å². The summed E-state index contributed by atoms with van der Waals surface area (Å²) >= 11 is 0. The molecule has 1 unspecified atom stereocenters. The van der Waals surface area contributed by atoms with E-state index in [0.717, 1.165) is 16.1 Å². The summed E-state index contributed by atoms with van der Waals surface area (Å²) in [5, 5.41) is 5.57. The summed E-state index contributed by atoms with van der Waals surface area (Å²) in [5.74, 6) is -1.24. The average molecular weight is 523 g/mol. The van der Waals surface area contributed by atoms with Gasteiger partial charge in [0.1, 0.15) is 6.54 Å². The molecule has 194 valence electrons. The minimum atomic E-state index is -3.83. The van der Waals surface area contributed by atoms with Crippen molar-refractivity contribution in [3.8, 4) is 0 Å². The molecule has 9 nitrogen and oxygen atoms in total. The summed E-state index contributed by atoms with van der Waals surface area (Å²) < 4.78 is 25.9. The van der Waals surface area contributed by atoms with Crippen LogP contribution in [0.2, 0.25) is 0 Å². The van der Waals surface area contributed by atoms with Crippen molar-refractivity contribution >= 4 is 39.1 Å². The molecule has 3 aromatic carbocycles. The molecular formula is C27H30N4O5S. The zero-order valence-electron chi connectivity index (χ0n) is 21.1. The zero-order valence-corrected chi connectivity index (χ0v) is 22.0. The Morgan fingerprint density at radius 3 is 2.05 bits per heavy atom. The van der Waals surface area contributed by atoms with Crippen LogP contribution in [0.1, 0.15) is 39.2 Å². The van der Waals surface area contributed by atoms with Crippen LogP contribution in [0.5, 0.6) is 0 Å². The third-order valence-electron chi connectivity index (χ3n) is 5.59. The van der Waals surface area contributed by atoms with E-state index in [1.165, 1.54) is 29.2 Å². The Hall–Kier alpha value is -4.18. The number of nitrogens with zero attached hydrogens (tertiary/aromatic N) is 2. The first-order chi connectivity index (χ1) is 17.5.